The second-order valence-corrected chi connectivity index (χ2v) is 8.56. The van der Waals surface area contributed by atoms with Crippen LogP contribution in [0.3, 0.4) is 0 Å². The number of hydrogen-bond acceptors (Lipinski definition) is 5. The van der Waals surface area contributed by atoms with Crippen LogP contribution in [-0.4, -0.2) is 60.8 Å². The van der Waals surface area contributed by atoms with Gasteiger partial charge < -0.3 is 15.3 Å². The summed E-state index contributed by atoms with van der Waals surface area (Å²) in [6, 6.07) is 6.17. The minimum absolute atomic E-state index is 0.105. The Morgan fingerprint density at radius 2 is 1.73 bits per heavy atom. The van der Waals surface area contributed by atoms with E-state index in [-0.39, 0.29) is 11.7 Å². The first-order chi connectivity index (χ1) is 12.2. The van der Waals surface area contributed by atoms with Crippen LogP contribution in [0.1, 0.15) is 30.1 Å². The molecular formula is C17H22N2O6S. The Labute approximate surface area is 152 Å². The lowest BCUT2D eigenvalue weighted by molar-refractivity contribution is -0.143. The maximum atomic E-state index is 12.4. The van der Waals surface area contributed by atoms with Crippen molar-refractivity contribution in [2.45, 2.75) is 19.8 Å². The summed E-state index contributed by atoms with van der Waals surface area (Å²) in [5.41, 5.74) is 0.834. The number of nitrogens with zero attached hydrogens (tertiary/aromatic N) is 1. The zero-order valence-electron chi connectivity index (χ0n) is 14.5. The predicted molar refractivity (Wildman–Crippen MR) is 95.7 cm³/mol. The molecule has 2 rings (SSSR count). The van der Waals surface area contributed by atoms with Crippen molar-refractivity contribution in [2.75, 3.05) is 29.9 Å². The summed E-state index contributed by atoms with van der Waals surface area (Å²) < 4.78 is 22.9. The normalized spacial score (nSPS) is 15.5. The van der Waals surface area contributed by atoms with Gasteiger partial charge in [0.05, 0.1) is 5.92 Å². The van der Waals surface area contributed by atoms with Crippen molar-refractivity contribution in [3.8, 4) is 0 Å². The van der Waals surface area contributed by atoms with Crippen molar-refractivity contribution in [3.05, 3.63) is 29.8 Å². The quantitative estimate of drug-likeness (QED) is 0.757. The van der Waals surface area contributed by atoms with Crippen LogP contribution in [0.25, 0.3) is 0 Å². The second-order valence-electron chi connectivity index (χ2n) is 6.21. The highest BCUT2D eigenvalue weighted by Crippen LogP contribution is 2.20. The van der Waals surface area contributed by atoms with E-state index in [1.165, 1.54) is 19.1 Å². The lowest BCUT2D eigenvalue weighted by Crippen LogP contribution is -2.40. The van der Waals surface area contributed by atoms with Crippen molar-refractivity contribution < 1.29 is 27.9 Å². The van der Waals surface area contributed by atoms with Gasteiger partial charge in [0.25, 0.3) is 5.91 Å². The summed E-state index contributed by atoms with van der Waals surface area (Å²) in [6.45, 7) is 2.26. The molecule has 0 bridgehead atoms. The van der Waals surface area contributed by atoms with Gasteiger partial charge in [0.1, 0.15) is 5.75 Å². The number of aliphatic carboxylic acids is 1. The maximum Gasteiger partial charge on any atom is 0.306 e. The van der Waals surface area contributed by atoms with E-state index in [4.69, 9.17) is 5.11 Å². The Kier molecular flexibility index (Phi) is 6.36. The average Bonchev–Trinajstić information content (AvgIpc) is 2.61. The third kappa shape index (κ3) is 5.29. The summed E-state index contributed by atoms with van der Waals surface area (Å²) in [6.07, 6.45) is 0.863. The molecule has 0 aliphatic carbocycles. The maximum absolute atomic E-state index is 12.4. The largest absolute Gasteiger partial charge is 0.481 e. The molecule has 1 aliphatic rings. The third-order valence-electron chi connectivity index (χ3n) is 4.34. The number of amides is 2. The molecule has 8 nitrogen and oxygen atoms in total. The molecule has 2 amide bonds. The topological polar surface area (TPSA) is 121 Å². The fourth-order valence-corrected chi connectivity index (χ4v) is 3.38. The molecule has 1 heterocycles. The molecular weight excluding hydrogens is 360 g/mol. The van der Waals surface area contributed by atoms with E-state index in [2.05, 4.69) is 5.32 Å². The van der Waals surface area contributed by atoms with E-state index in [0.29, 0.717) is 37.2 Å². The summed E-state index contributed by atoms with van der Waals surface area (Å²) in [5.74, 6) is -2.74. The van der Waals surface area contributed by atoms with E-state index in [0.717, 1.165) is 0 Å². The molecule has 9 heteroatoms. The predicted octanol–water partition coefficient (Wildman–Crippen LogP) is 0.997. The van der Waals surface area contributed by atoms with Crippen LogP contribution in [0.5, 0.6) is 0 Å². The molecule has 1 aromatic rings. The number of sulfone groups is 1. The minimum atomic E-state index is -3.40. The number of anilines is 1. The molecule has 1 saturated heterocycles. The number of likely N-dealkylation sites (tertiary alicyclic amines) is 1. The third-order valence-corrected chi connectivity index (χ3v) is 5.92. The molecule has 2 N–H and O–H groups in total. The number of hydrogen-bond donors (Lipinski definition) is 2. The first-order valence-corrected chi connectivity index (χ1v) is 10.2. The van der Waals surface area contributed by atoms with Crippen molar-refractivity contribution in [1.82, 2.24) is 4.90 Å². The number of rotatable bonds is 6. The highest BCUT2D eigenvalue weighted by Gasteiger charge is 2.27. The number of carbonyl (C=O) groups is 3. The van der Waals surface area contributed by atoms with Crippen LogP contribution in [0.4, 0.5) is 5.69 Å². The molecule has 0 atom stereocenters. The molecule has 0 radical (unpaired) electrons. The van der Waals surface area contributed by atoms with Gasteiger partial charge in [0, 0.05) is 30.1 Å². The zero-order valence-corrected chi connectivity index (χ0v) is 15.3. The molecule has 0 aromatic heterocycles. The van der Waals surface area contributed by atoms with Crippen LogP contribution < -0.4 is 5.32 Å². The van der Waals surface area contributed by atoms with E-state index < -0.39 is 33.4 Å². The second kappa shape index (κ2) is 8.31. The number of carboxylic acid groups (broad SMARTS) is 1. The van der Waals surface area contributed by atoms with E-state index >= 15 is 0 Å². The van der Waals surface area contributed by atoms with Gasteiger partial charge in [-0.15, -0.1) is 0 Å². The summed E-state index contributed by atoms with van der Waals surface area (Å²) in [4.78, 5) is 36.7. The SMILES string of the molecule is CCS(=O)(=O)CC(=O)Nc1ccc(C(=O)N2CCC(C(=O)O)CC2)cc1. The lowest BCUT2D eigenvalue weighted by Gasteiger charge is -2.30. The fraction of sp³-hybridized carbons (Fsp3) is 0.471. The summed E-state index contributed by atoms with van der Waals surface area (Å²) in [7, 11) is -3.40. The number of carboxylic acids is 1. The van der Waals surface area contributed by atoms with Crippen molar-refractivity contribution in [3.63, 3.8) is 0 Å². The van der Waals surface area contributed by atoms with Crippen molar-refractivity contribution >= 4 is 33.3 Å². The Balaban J connectivity index is 1.94. The average molecular weight is 382 g/mol. The number of nitrogens with one attached hydrogen (secondary N) is 1. The fourth-order valence-electron chi connectivity index (χ4n) is 2.71. The Bertz CT molecular complexity index is 780. The van der Waals surface area contributed by atoms with E-state index in [9.17, 15) is 22.8 Å². The number of piperidine rings is 1. The zero-order chi connectivity index (χ0) is 19.3. The van der Waals surface area contributed by atoms with Crippen LogP contribution in [-0.2, 0) is 19.4 Å². The summed E-state index contributed by atoms with van der Waals surface area (Å²) in [5, 5.41) is 11.5. The highest BCUT2D eigenvalue weighted by atomic mass is 32.2. The molecule has 0 saturated carbocycles. The Morgan fingerprint density at radius 1 is 1.15 bits per heavy atom. The van der Waals surface area contributed by atoms with Crippen LogP contribution in [0.15, 0.2) is 24.3 Å². The minimum Gasteiger partial charge on any atom is -0.481 e. The molecule has 1 aliphatic heterocycles. The van der Waals surface area contributed by atoms with Crippen LogP contribution >= 0.6 is 0 Å². The molecule has 0 unspecified atom stereocenters. The smallest absolute Gasteiger partial charge is 0.306 e. The first-order valence-electron chi connectivity index (χ1n) is 8.34. The Morgan fingerprint density at radius 3 is 2.23 bits per heavy atom. The molecule has 26 heavy (non-hydrogen) atoms. The van der Waals surface area contributed by atoms with Gasteiger partial charge in [-0.3, -0.25) is 14.4 Å². The number of carbonyl (C=O) groups excluding carboxylic acids is 2. The van der Waals surface area contributed by atoms with Gasteiger partial charge in [-0.25, -0.2) is 8.42 Å². The van der Waals surface area contributed by atoms with Crippen molar-refractivity contribution in [2.24, 2.45) is 5.92 Å². The lowest BCUT2D eigenvalue weighted by atomic mass is 9.96. The van der Waals surface area contributed by atoms with Gasteiger partial charge in [0.15, 0.2) is 9.84 Å². The molecule has 142 valence electrons. The summed E-state index contributed by atoms with van der Waals surface area (Å²) >= 11 is 0. The van der Waals surface area contributed by atoms with Gasteiger partial charge >= 0.3 is 5.97 Å². The first kappa shape index (κ1) is 19.9. The highest BCUT2D eigenvalue weighted by molar-refractivity contribution is 7.92. The standard InChI is InChI=1S/C17H22N2O6S/c1-2-26(24,25)11-15(20)18-14-5-3-12(4-6-14)16(21)19-9-7-13(8-10-19)17(22)23/h3-6,13H,2,7-11H2,1H3,(H,18,20)(H,22,23). The Hall–Kier alpha value is -2.42. The van der Waals surface area contributed by atoms with Crippen LogP contribution in [0, 0.1) is 5.92 Å². The van der Waals surface area contributed by atoms with Gasteiger partial charge in [-0.05, 0) is 37.1 Å². The van der Waals surface area contributed by atoms with Crippen molar-refractivity contribution in [1.29, 1.82) is 0 Å². The van der Waals surface area contributed by atoms with Gasteiger partial charge in [-0.1, -0.05) is 6.92 Å². The number of benzene rings is 1. The molecule has 1 fully saturated rings. The monoisotopic (exact) mass is 382 g/mol. The molecule has 0 spiro atoms. The van der Waals surface area contributed by atoms with E-state index in [1.807, 2.05) is 0 Å². The van der Waals surface area contributed by atoms with Crippen LogP contribution in [0.2, 0.25) is 0 Å². The van der Waals surface area contributed by atoms with E-state index in [1.54, 1.807) is 17.0 Å². The van der Waals surface area contributed by atoms with Gasteiger partial charge in [-0.2, -0.15) is 0 Å². The van der Waals surface area contributed by atoms with Gasteiger partial charge in [0.2, 0.25) is 5.91 Å². The molecule has 1 aromatic carbocycles.